The fraction of sp³-hybridized carbons (Fsp3) is 0.385. The van der Waals surface area contributed by atoms with E-state index >= 15 is 0 Å². The largest absolute Gasteiger partial charge is 0.497 e. The maximum atomic E-state index is 12.0. The van der Waals surface area contributed by atoms with E-state index in [1.165, 1.54) is 7.11 Å². The van der Waals surface area contributed by atoms with Gasteiger partial charge in [0.1, 0.15) is 35.3 Å². The van der Waals surface area contributed by atoms with Crippen molar-refractivity contribution in [3.05, 3.63) is 59.0 Å². The van der Waals surface area contributed by atoms with Crippen LogP contribution in [0.15, 0.2) is 40.8 Å². The summed E-state index contributed by atoms with van der Waals surface area (Å²) in [4.78, 5) is 16.6. The Balaban J connectivity index is 1.71. The minimum atomic E-state index is -0.632. The smallest absolute Gasteiger partial charge is 0.335 e. The average Bonchev–Trinajstić information content (AvgIpc) is 3.23. The van der Waals surface area contributed by atoms with E-state index in [9.17, 15) is 4.79 Å². The number of oxazole rings is 1. The van der Waals surface area contributed by atoms with Gasteiger partial charge in [-0.25, -0.2) is 9.78 Å². The summed E-state index contributed by atoms with van der Waals surface area (Å²) in [5.74, 6) is 2.74. The maximum Gasteiger partial charge on any atom is 0.335 e. The molecule has 0 saturated carbocycles. The van der Waals surface area contributed by atoms with Crippen molar-refractivity contribution >= 4 is 5.97 Å². The third-order valence-corrected chi connectivity index (χ3v) is 5.42. The zero-order chi connectivity index (χ0) is 24.7. The highest BCUT2D eigenvalue weighted by Gasteiger charge is 2.21. The predicted molar refractivity (Wildman–Crippen MR) is 126 cm³/mol. The molecular weight excluding hydrogens is 438 g/mol. The third kappa shape index (κ3) is 6.08. The number of carbonyl (C=O) groups is 1. The van der Waals surface area contributed by atoms with Gasteiger partial charge in [0.2, 0.25) is 5.89 Å². The molecule has 0 saturated heterocycles. The molecule has 0 unspecified atom stereocenters. The van der Waals surface area contributed by atoms with Crippen molar-refractivity contribution in [3.63, 3.8) is 0 Å². The number of methoxy groups -OCH3 is 3. The molecule has 3 aromatic rings. The first-order valence-corrected chi connectivity index (χ1v) is 11.0. The van der Waals surface area contributed by atoms with Crippen LogP contribution in [0.5, 0.6) is 17.2 Å². The minimum absolute atomic E-state index is 0.249. The van der Waals surface area contributed by atoms with Gasteiger partial charge in [-0.1, -0.05) is 6.07 Å². The van der Waals surface area contributed by atoms with Gasteiger partial charge in [-0.15, -0.1) is 0 Å². The summed E-state index contributed by atoms with van der Waals surface area (Å²) >= 11 is 0. The van der Waals surface area contributed by atoms with Crippen molar-refractivity contribution < 1.29 is 32.9 Å². The lowest BCUT2D eigenvalue weighted by atomic mass is 10.0. The van der Waals surface area contributed by atoms with Gasteiger partial charge in [0, 0.05) is 24.7 Å². The number of aryl methyl sites for hydroxylation is 2. The maximum absolute atomic E-state index is 12.0. The van der Waals surface area contributed by atoms with Crippen molar-refractivity contribution in [2.45, 2.75) is 39.9 Å². The van der Waals surface area contributed by atoms with E-state index < -0.39 is 6.10 Å². The Morgan fingerprint density at radius 3 is 2.29 bits per heavy atom. The number of aromatic nitrogens is 1. The number of benzene rings is 2. The minimum Gasteiger partial charge on any atom is -0.497 e. The van der Waals surface area contributed by atoms with Crippen LogP contribution < -0.4 is 14.2 Å². The lowest BCUT2D eigenvalue weighted by Gasteiger charge is -2.16. The molecule has 0 bridgehead atoms. The summed E-state index contributed by atoms with van der Waals surface area (Å²) < 4.78 is 32.9. The number of hydrogen-bond acceptors (Lipinski definition) is 8. The molecule has 1 aromatic heterocycles. The monoisotopic (exact) mass is 469 g/mol. The van der Waals surface area contributed by atoms with Crippen LogP contribution in [0.25, 0.3) is 11.5 Å². The molecule has 8 nitrogen and oxygen atoms in total. The molecule has 8 heteroatoms. The van der Waals surface area contributed by atoms with Crippen LogP contribution >= 0.6 is 0 Å². The van der Waals surface area contributed by atoms with E-state index in [2.05, 4.69) is 4.98 Å². The Morgan fingerprint density at radius 2 is 1.71 bits per heavy atom. The van der Waals surface area contributed by atoms with Crippen LogP contribution in [0.3, 0.4) is 0 Å². The molecule has 0 N–H and O–H groups in total. The number of hydrogen-bond donors (Lipinski definition) is 0. The van der Waals surface area contributed by atoms with Crippen molar-refractivity contribution in [1.82, 2.24) is 4.98 Å². The van der Waals surface area contributed by atoms with Crippen LogP contribution in [-0.4, -0.2) is 45.0 Å². The van der Waals surface area contributed by atoms with Crippen LogP contribution in [0.4, 0.5) is 0 Å². The van der Waals surface area contributed by atoms with Gasteiger partial charge < -0.3 is 28.1 Å². The zero-order valence-corrected chi connectivity index (χ0v) is 20.5. The molecule has 0 aliphatic carbocycles. The molecule has 0 fully saturated rings. The van der Waals surface area contributed by atoms with Crippen molar-refractivity contribution in [2.24, 2.45) is 0 Å². The molecule has 0 aliphatic rings. The van der Waals surface area contributed by atoms with Gasteiger partial charge in [-0.05, 0) is 56.2 Å². The lowest BCUT2D eigenvalue weighted by molar-refractivity contribution is -0.153. The molecule has 0 radical (unpaired) electrons. The quantitative estimate of drug-likeness (QED) is 0.374. The fourth-order valence-corrected chi connectivity index (χ4v) is 3.50. The molecule has 0 amide bonds. The van der Waals surface area contributed by atoms with Gasteiger partial charge in [0.05, 0.1) is 21.3 Å². The lowest BCUT2D eigenvalue weighted by Crippen LogP contribution is -2.28. The second-order valence-electron chi connectivity index (χ2n) is 7.67. The van der Waals surface area contributed by atoms with Crippen LogP contribution in [0.2, 0.25) is 0 Å². The highest BCUT2D eigenvalue weighted by Crippen LogP contribution is 2.31. The average molecular weight is 470 g/mol. The Kier molecular flexibility index (Phi) is 8.54. The fourth-order valence-electron chi connectivity index (χ4n) is 3.50. The topological polar surface area (TPSA) is 89.3 Å². The van der Waals surface area contributed by atoms with E-state index in [4.69, 9.17) is 28.1 Å². The zero-order valence-electron chi connectivity index (χ0n) is 20.5. The predicted octanol–water partition coefficient (Wildman–Crippen LogP) is 4.68. The SMILES string of the molecule is CCO[C@@H](Cc1ccc(OCc2nc(-c3cc(OC)cc(OC)c3)oc2C)cc1C)C(=O)OC. The van der Waals surface area contributed by atoms with Gasteiger partial charge in [-0.2, -0.15) is 0 Å². The van der Waals surface area contributed by atoms with Gasteiger partial charge in [0.15, 0.2) is 6.10 Å². The molecule has 1 atom stereocenters. The Labute approximate surface area is 199 Å². The van der Waals surface area contributed by atoms with E-state index in [-0.39, 0.29) is 12.6 Å². The van der Waals surface area contributed by atoms with E-state index in [1.54, 1.807) is 20.3 Å². The van der Waals surface area contributed by atoms with Crippen molar-refractivity contribution in [2.75, 3.05) is 27.9 Å². The number of ether oxygens (including phenoxy) is 5. The second kappa shape index (κ2) is 11.6. The van der Waals surface area contributed by atoms with Gasteiger partial charge >= 0.3 is 5.97 Å². The van der Waals surface area contributed by atoms with E-state index in [1.807, 2.05) is 51.1 Å². The number of rotatable bonds is 11. The normalized spacial score (nSPS) is 11.7. The first-order chi connectivity index (χ1) is 16.4. The Bertz CT molecular complexity index is 1100. The number of esters is 1. The van der Waals surface area contributed by atoms with Crippen LogP contribution in [-0.2, 0) is 27.3 Å². The molecule has 2 aromatic carbocycles. The Morgan fingerprint density at radius 1 is 1.00 bits per heavy atom. The highest BCUT2D eigenvalue weighted by molar-refractivity contribution is 5.75. The molecule has 0 aliphatic heterocycles. The molecule has 34 heavy (non-hydrogen) atoms. The van der Waals surface area contributed by atoms with E-state index in [0.717, 1.165) is 16.7 Å². The summed E-state index contributed by atoms with van der Waals surface area (Å²) in [6.07, 6.45) is -0.200. The van der Waals surface area contributed by atoms with Crippen molar-refractivity contribution in [1.29, 1.82) is 0 Å². The highest BCUT2D eigenvalue weighted by atomic mass is 16.6. The summed E-state index contributed by atoms with van der Waals surface area (Å²) in [7, 11) is 4.55. The molecule has 3 rings (SSSR count). The first kappa shape index (κ1) is 25.1. The second-order valence-corrected chi connectivity index (χ2v) is 7.67. The van der Waals surface area contributed by atoms with E-state index in [0.29, 0.717) is 47.6 Å². The molecular formula is C26H31NO7. The molecule has 1 heterocycles. The molecule has 0 spiro atoms. The summed E-state index contributed by atoms with van der Waals surface area (Å²) in [6, 6.07) is 11.2. The number of carbonyl (C=O) groups excluding carboxylic acids is 1. The third-order valence-electron chi connectivity index (χ3n) is 5.42. The molecule has 182 valence electrons. The summed E-state index contributed by atoms with van der Waals surface area (Å²) in [6.45, 7) is 6.35. The van der Waals surface area contributed by atoms with Gasteiger partial charge in [0.25, 0.3) is 0 Å². The first-order valence-electron chi connectivity index (χ1n) is 11.0. The summed E-state index contributed by atoms with van der Waals surface area (Å²) in [5.41, 5.74) is 3.43. The van der Waals surface area contributed by atoms with Crippen LogP contribution in [0, 0.1) is 13.8 Å². The summed E-state index contributed by atoms with van der Waals surface area (Å²) in [5, 5.41) is 0. The van der Waals surface area contributed by atoms with Crippen molar-refractivity contribution in [3.8, 4) is 28.7 Å². The Hall–Kier alpha value is -3.52. The van der Waals surface area contributed by atoms with Gasteiger partial charge in [-0.3, -0.25) is 0 Å². The standard InChI is InChI=1S/C26H31NO7/c1-7-32-24(26(28)31-6)13-18-8-9-20(10-16(18)2)33-15-23-17(3)34-25(27-23)19-11-21(29-4)14-22(12-19)30-5/h8-12,14,24H,7,13,15H2,1-6H3/t24-/m0/s1. The van der Waals surface area contributed by atoms with Crippen LogP contribution in [0.1, 0.15) is 29.5 Å². The number of nitrogens with zero attached hydrogens (tertiary/aromatic N) is 1.